The molecule has 0 unspecified atom stereocenters. The van der Waals surface area contributed by atoms with Crippen molar-refractivity contribution >= 4 is 22.6 Å². The summed E-state index contributed by atoms with van der Waals surface area (Å²) in [5, 5.41) is 18.1. The Balaban J connectivity index is 2.08. The number of hydrogen-bond donors (Lipinski definition) is 1. The van der Waals surface area contributed by atoms with Crippen molar-refractivity contribution in [2.75, 3.05) is 18.5 Å². The van der Waals surface area contributed by atoms with Crippen LogP contribution in [-0.4, -0.2) is 34.9 Å². The SMILES string of the molecule is CN(CC1CCC1)c1c(C(=O)O)nnc2ccccc12. The molecule has 0 saturated heterocycles. The summed E-state index contributed by atoms with van der Waals surface area (Å²) in [5.41, 5.74) is 1.44. The fourth-order valence-electron chi connectivity index (χ4n) is 2.72. The third-order valence-electron chi connectivity index (χ3n) is 3.98. The number of hydrogen-bond acceptors (Lipinski definition) is 4. The third-order valence-corrected chi connectivity index (χ3v) is 3.98. The van der Waals surface area contributed by atoms with Crippen LogP contribution in [0.2, 0.25) is 0 Å². The molecule has 1 aliphatic rings. The molecule has 1 N–H and O–H groups in total. The highest BCUT2D eigenvalue weighted by Gasteiger charge is 2.24. The molecule has 104 valence electrons. The number of carbonyl (C=O) groups is 1. The van der Waals surface area contributed by atoms with Crippen LogP contribution in [0.3, 0.4) is 0 Å². The second-order valence-electron chi connectivity index (χ2n) is 5.40. The number of anilines is 1. The Morgan fingerprint density at radius 1 is 1.35 bits per heavy atom. The molecular weight excluding hydrogens is 254 g/mol. The monoisotopic (exact) mass is 271 g/mol. The van der Waals surface area contributed by atoms with Gasteiger partial charge in [-0.05, 0) is 24.8 Å². The summed E-state index contributed by atoms with van der Waals surface area (Å²) in [5.74, 6) is -0.368. The van der Waals surface area contributed by atoms with Crippen LogP contribution in [0.15, 0.2) is 24.3 Å². The van der Waals surface area contributed by atoms with Crippen LogP contribution in [-0.2, 0) is 0 Å². The topological polar surface area (TPSA) is 66.3 Å². The van der Waals surface area contributed by atoms with E-state index in [1.807, 2.05) is 36.2 Å². The predicted octanol–water partition coefficient (Wildman–Crippen LogP) is 2.56. The molecule has 1 aliphatic carbocycles. The van der Waals surface area contributed by atoms with Crippen molar-refractivity contribution in [1.29, 1.82) is 0 Å². The van der Waals surface area contributed by atoms with Crippen molar-refractivity contribution < 1.29 is 9.90 Å². The molecule has 1 aromatic carbocycles. The minimum Gasteiger partial charge on any atom is -0.476 e. The standard InChI is InChI=1S/C15H17N3O2/c1-18(9-10-5-4-6-10)14-11-7-2-3-8-12(11)16-17-13(14)15(19)20/h2-3,7-8,10H,4-6,9H2,1H3,(H,19,20). The predicted molar refractivity (Wildman–Crippen MR) is 77.1 cm³/mol. The molecular formula is C15H17N3O2. The molecule has 1 saturated carbocycles. The van der Waals surface area contributed by atoms with Gasteiger partial charge in [0.25, 0.3) is 0 Å². The van der Waals surface area contributed by atoms with E-state index in [0.717, 1.165) is 17.4 Å². The highest BCUT2D eigenvalue weighted by atomic mass is 16.4. The second kappa shape index (κ2) is 5.07. The Morgan fingerprint density at radius 2 is 2.10 bits per heavy atom. The van der Waals surface area contributed by atoms with Crippen molar-refractivity contribution in [3.8, 4) is 0 Å². The Bertz CT molecular complexity index is 653. The maximum atomic E-state index is 11.4. The molecule has 0 radical (unpaired) electrons. The number of carboxylic acid groups (broad SMARTS) is 1. The summed E-state index contributed by atoms with van der Waals surface area (Å²) in [6.07, 6.45) is 3.73. The van der Waals surface area contributed by atoms with Crippen LogP contribution >= 0.6 is 0 Å². The third kappa shape index (κ3) is 2.19. The van der Waals surface area contributed by atoms with Gasteiger partial charge in [-0.15, -0.1) is 10.2 Å². The summed E-state index contributed by atoms with van der Waals surface area (Å²) in [4.78, 5) is 13.4. The minimum absolute atomic E-state index is 0.0329. The Hall–Kier alpha value is -2.17. The molecule has 0 spiro atoms. The smallest absolute Gasteiger partial charge is 0.358 e. The van der Waals surface area contributed by atoms with E-state index in [-0.39, 0.29) is 5.69 Å². The summed E-state index contributed by atoms with van der Waals surface area (Å²) in [7, 11) is 1.94. The van der Waals surface area contributed by atoms with Gasteiger partial charge in [-0.3, -0.25) is 0 Å². The Kier molecular flexibility index (Phi) is 3.26. The highest BCUT2D eigenvalue weighted by Crippen LogP contribution is 2.32. The maximum Gasteiger partial charge on any atom is 0.358 e. The van der Waals surface area contributed by atoms with E-state index in [1.54, 1.807) is 0 Å². The minimum atomic E-state index is -1.03. The van der Waals surface area contributed by atoms with Gasteiger partial charge in [0.1, 0.15) is 0 Å². The van der Waals surface area contributed by atoms with E-state index in [9.17, 15) is 9.90 Å². The number of fused-ring (bicyclic) bond motifs is 1. The zero-order valence-corrected chi connectivity index (χ0v) is 11.4. The van der Waals surface area contributed by atoms with Gasteiger partial charge in [0.2, 0.25) is 0 Å². The first kappa shape index (κ1) is 12.8. The van der Waals surface area contributed by atoms with E-state index < -0.39 is 5.97 Å². The van der Waals surface area contributed by atoms with Gasteiger partial charge in [0.05, 0.1) is 11.2 Å². The Morgan fingerprint density at radius 3 is 2.75 bits per heavy atom. The first-order chi connectivity index (χ1) is 9.66. The van der Waals surface area contributed by atoms with Crippen LogP contribution < -0.4 is 4.90 Å². The van der Waals surface area contributed by atoms with Crippen molar-refractivity contribution in [2.45, 2.75) is 19.3 Å². The highest BCUT2D eigenvalue weighted by molar-refractivity contribution is 6.02. The van der Waals surface area contributed by atoms with E-state index in [0.29, 0.717) is 11.6 Å². The van der Waals surface area contributed by atoms with Crippen molar-refractivity contribution in [3.63, 3.8) is 0 Å². The first-order valence-corrected chi connectivity index (χ1v) is 6.86. The normalized spacial score (nSPS) is 15.1. The van der Waals surface area contributed by atoms with Crippen molar-refractivity contribution in [3.05, 3.63) is 30.0 Å². The van der Waals surface area contributed by atoms with Crippen LogP contribution in [0.25, 0.3) is 10.9 Å². The lowest BCUT2D eigenvalue weighted by atomic mass is 9.85. The molecule has 1 fully saturated rings. The average Bonchev–Trinajstić information content (AvgIpc) is 2.41. The molecule has 3 rings (SSSR count). The number of rotatable bonds is 4. The van der Waals surface area contributed by atoms with Crippen molar-refractivity contribution in [2.24, 2.45) is 5.92 Å². The molecule has 0 amide bonds. The van der Waals surface area contributed by atoms with Gasteiger partial charge in [0.15, 0.2) is 5.69 Å². The van der Waals surface area contributed by atoms with Gasteiger partial charge in [-0.2, -0.15) is 0 Å². The van der Waals surface area contributed by atoms with E-state index >= 15 is 0 Å². The van der Waals surface area contributed by atoms with Crippen LogP contribution in [0.5, 0.6) is 0 Å². The molecule has 5 heteroatoms. The molecule has 2 aromatic rings. The van der Waals surface area contributed by atoms with Crippen molar-refractivity contribution in [1.82, 2.24) is 10.2 Å². The molecule has 0 aliphatic heterocycles. The van der Waals surface area contributed by atoms with Crippen LogP contribution in [0.1, 0.15) is 29.8 Å². The van der Waals surface area contributed by atoms with Gasteiger partial charge in [0, 0.05) is 19.0 Å². The lowest BCUT2D eigenvalue weighted by Crippen LogP contribution is -2.31. The Labute approximate surface area is 117 Å². The second-order valence-corrected chi connectivity index (χ2v) is 5.40. The number of benzene rings is 1. The zero-order chi connectivity index (χ0) is 14.1. The zero-order valence-electron chi connectivity index (χ0n) is 11.4. The summed E-state index contributed by atoms with van der Waals surface area (Å²) in [6.45, 7) is 0.871. The van der Waals surface area contributed by atoms with Gasteiger partial charge in [-0.25, -0.2) is 4.79 Å². The van der Waals surface area contributed by atoms with Gasteiger partial charge in [-0.1, -0.05) is 24.6 Å². The molecule has 20 heavy (non-hydrogen) atoms. The van der Waals surface area contributed by atoms with Gasteiger partial charge >= 0.3 is 5.97 Å². The lowest BCUT2D eigenvalue weighted by molar-refractivity contribution is 0.0690. The molecule has 0 atom stereocenters. The molecule has 5 nitrogen and oxygen atoms in total. The number of nitrogens with zero attached hydrogens (tertiary/aromatic N) is 3. The van der Waals surface area contributed by atoms with Gasteiger partial charge < -0.3 is 10.0 Å². The summed E-state index contributed by atoms with van der Waals surface area (Å²) >= 11 is 0. The summed E-state index contributed by atoms with van der Waals surface area (Å²) < 4.78 is 0. The number of aromatic carboxylic acids is 1. The van der Waals surface area contributed by atoms with Crippen LogP contribution in [0.4, 0.5) is 5.69 Å². The van der Waals surface area contributed by atoms with Crippen LogP contribution in [0, 0.1) is 5.92 Å². The quantitative estimate of drug-likeness (QED) is 0.925. The largest absolute Gasteiger partial charge is 0.476 e. The molecule has 0 bridgehead atoms. The average molecular weight is 271 g/mol. The lowest BCUT2D eigenvalue weighted by Gasteiger charge is -2.32. The number of carboxylic acids is 1. The van der Waals surface area contributed by atoms with E-state index in [4.69, 9.17) is 0 Å². The van der Waals surface area contributed by atoms with E-state index in [1.165, 1.54) is 19.3 Å². The fraction of sp³-hybridized carbons (Fsp3) is 0.400. The fourth-order valence-corrected chi connectivity index (χ4v) is 2.72. The molecule has 1 aromatic heterocycles. The summed E-state index contributed by atoms with van der Waals surface area (Å²) in [6, 6.07) is 7.54. The molecule has 1 heterocycles. The maximum absolute atomic E-state index is 11.4. The van der Waals surface area contributed by atoms with E-state index in [2.05, 4.69) is 10.2 Å². The first-order valence-electron chi connectivity index (χ1n) is 6.86. The number of aromatic nitrogens is 2.